The molecular weight excluding hydrogens is 252 g/mol. The molecule has 1 amide bonds. The van der Waals surface area contributed by atoms with Crippen molar-refractivity contribution in [3.63, 3.8) is 0 Å². The second-order valence-electron chi connectivity index (χ2n) is 3.88. The van der Waals surface area contributed by atoms with Crippen LogP contribution in [0.5, 0.6) is 0 Å². The number of carboxylic acid groups (broad SMARTS) is 1. The Labute approximate surface area is 110 Å². The number of hydrogen-bond donors (Lipinski definition) is 3. The average molecular weight is 268 g/mol. The number of aryl methyl sites for hydroxylation is 1. The van der Waals surface area contributed by atoms with Crippen LogP contribution in [-0.4, -0.2) is 34.5 Å². The molecule has 18 heavy (non-hydrogen) atoms. The number of hydrogen-bond acceptors (Lipinski definition) is 4. The van der Waals surface area contributed by atoms with Gasteiger partial charge >= 0.3 is 5.97 Å². The number of benzene rings is 1. The lowest BCUT2D eigenvalue weighted by molar-refractivity contribution is -0.137. The van der Waals surface area contributed by atoms with Gasteiger partial charge in [-0.15, -0.1) is 11.8 Å². The van der Waals surface area contributed by atoms with Crippen LogP contribution in [0.1, 0.15) is 5.56 Å². The third kappa shape index (κ3) is 5.20. The Bertz CT molecular complexity index is 437. The highest BCUT2D eigenvalue weighted by Crippen LogP contribution is 2.10. The summed E-state index contributed by atoms with van der Waals surface area (Å²) >= 11 is 1.20. The zero-order chi connectivity index (χ0) is 13.5. The predicted octanol–water partition coefficient (Wildman–Crippen LogP) is 1.08. The standard InChI is InChI=1S/C12H16N2O3S/c1-8-3-2-4-9(5-8)14-11(15)7-18-6-10(13)12(16)17/h2-5,10H,6-7,13H2,1H3,(H,14,15)(H,16,17). The molecule has 4 N–H and O–H groups in total. The second kappa shape index (κ2) is 7.03. The molecule has 0 heterocycles. The van der Waals surface area contributed by atoms with Crippen LogP contribution >= 0.6 is 11.8 Å². The maximum atomic E-state index is 11.6. The highest BCUT2D eigenvalue weighted by molar-refractivity contribution is 8.00. The lowest BCUT2D eigenvalue weighted by atomic mass is 10.2. The summed E-state index contributed by atoms with van der Waals surface area (Å²) in [5.41, 5.74) is 7.13. The summed E-state index contributed by atoms with van der Waals surface area (Å²) < 4.78 is 0. The van der Waals surface area contributed by atoms with Crippen LogP contribution < -0.4 is 11.1 Å². The fourth-order valence-electron chi connectivity index (χ4n) is 1.27. The summed E-state index contributed by atoms with van der Waals surface area (Å²) in [5, 5.41) is 11.3. The van der Waals surface area contributed by atoms with Crippen molar-refractivity contribution in [1.82, 2.24) is 0 Å². The summed E-state index contributed by atoms with van der Waals surface area (Å²) in [6.45, 7) is 1.94. The van der Waals surface area contributed by atoms with Crippen molar-refractivity contribution in [3.05, 3.63) is 29.8 Å². The lowest BCUT2D eigenvalue weighted by Gasteiger charge is -2.07. The van der Waals surface area contributed by atoms with Gasteiger partial charge in [0, 0.05) is 11.4 Å². The van der Waals surface area contributed by atoms with E-state index in [1.807, 2.05) is 25.1 Å². The Morgan fingerprint density at radius 2 is 2.22 bits per heavy atom. The van der Waals surface area contributed by atoms with Crippen molar-refractivity contribution >= 4 is 29.3 Å². The van der Waals surface area contributed by atoms with Crippen LogP contribution in [-0.2, 0) is 9.59 Å². The molecule has 1 rings (SSSR count). The number of carbonyl (C=O) groups excluding carboxylic acids is 1. The maximum Gasteiger partial charge on any atom is 0.321 e. The van der Waals surface area contributed by atoms with E-state index in [0.717, 1.165) is 11.3 Å². The molecule has 0 saturated carbocycles. The molecule has 1 aromatic rings. The van der Waals surface area contributed by atoms with E-state index in [2.05, 4.69) is 5.32 Å². The molecule has 0 fully saturated rings. The number of carboxylic acids is 1. The minimum Gasteiger partial charge on any atom is -0.480 e. The van der Waals surface area contributed by atoms with Gasteiger partial charge in [0.25, 0.3) is 0 Å². The van der Waals surface area contributed by atoms with Gasteiger partial charge in [-0.05, 0) is 24.6 Å². The molecule has 1 aromatic carbocycles. The van der Waals surface area contributed by atoms with Gasteiger partial charge in [0.05, 0.1) is 5.75 Å². The van der Waals surface area contributed by atoms with Crippen molar-refractivity contribution in [3.8, 4) is 0 Å². The molecule has 98 valence electrons. The Kier molecular flexibility index (Phi) is 5.67. The zero-order valence-corrected chi connectivity index (χ0v) is 10.9. The summed E-state index contributed by atoms with van der Waals surface area (Å²) in [4.78, 5) is 22.0. The number of nitrogens with two attached hydrogens (primary N) is 1. The molecule has 6 heteroatoms. The van der Waals surface area contributed by atoms with E-state index in [4.69, 9.17) is 10.8 Å². The molecule has 5 nitrogen and oxygen atoms in total. The van der Waals surface area contributed by atoms with Crippen LogP contribution in [0.25, 0.3) is 0 Å². The first-order chi connectivity index (χ1) is 8.49. The summed E-state index contributed by atoms with van der Waals surface area (Å²) in [6.07, 6.45) is 0. The van der Waals surface area contributed by atoms with Crippen molar-refractivity contribution in [2.24, 2.45) is 5.73 Å². The number of nitrogens with one attached hydrogen (secondary N) is 1. The van der Waals surface area contributed by atoms with Gasteiger partial charge in [0.15, 0.2) is 0 Å². The number of amides is 1. The number of anilines is 1. The van der Waals surface area contributed by atoms with Crippen LogP contribution in [0.2, 0.25) is 0 Å². The third-order valence-electron chi connectivity index (χ3n) is 2.15. The second-order valence-corrected chi connectivity index (χ2v) is 4.91. The fraction of sp³-hybridized carbons (Fsp3) is 0.333. The van der Waals surface area contributed by atoms with Crippen molar-refractivity contribution < 1.29 is 14.7 Å². The first-order valence-corrected chi connectivity index (χ1v) is 6.57. The number of rotatable bonds is 6. The first-order valence-electron chi connectivity index (χ1n) is 5.41. The smallest absolute Gasteiger partial charge is 0.321 e. The minimum atomic E-state index is -1.05. The SMILES string of the molecule is Cc1cccc(NC(=O)CSCC(N)C(=O)O)c1. The van der Waals surface area contributed by atoms with Crippen molar-refractivity contribution in [2.45, 2.75) is 13.0 Å². The van der Waals surface area contributed by atoms with Gasteiger partial charge in [0.2, 0.25) is 5.91 Å². The van der Waals surface area contributed by atoms with Gasteiger partial charge in [-0.25, -0.2) is 0 Å². The van der Waals surface area contributed by atoms with Crippen molar-refractivity contribution in [2.75, 3.05) is 16.8 Å². The van der Waals surface area contributed by atoms with E-state index < -0.39 is 12.0 Å². The van der Waals surface area contributed by atoms with Gasteiger partial charge in [0.1, 0.15) is 6.04 Å². The largest absolute Gasteiger partial charge is 0.480 e. The van der Waals surface area contributed by atoms with E-state index in [-0.39, 0.29) is 17.4 Å². The first kappa shape index (κ1) is 14.5. The Hall–Kier alpha value is -1.53. The van der Waals surface area contributed by atoms with E-state index in [1.165, 1.54) is 11.8 Å². The predicted molar refractivity (Wildman–Crippen MR) is 72.7 cm³/mol. The van der Waals surface area contributed by atoms with E-state index >= 15 is 0 Å². The average Bonchev–Trinajstić information content (AvgIpc) is 2.28. The van der Waals surface area contributed by atoms with Gasteiger partial charge in [-0.3, -0.25) is 9.59 Å². The number of thioether (sulfide) groups is 1. The highest BCUT2D eigenvalue weighted by atomic mass is 32.2. The molecule has 0 saturated heterocycles. The monoisotopic (exact) mass is 268 g/mol. The van der Waals surface area contributed by atoms with Crippen molar-refractivity contribution in [1.29, 1.82) is 0 Å². The quantitative estimate of drug-likeness (QED) is 0.718. The van der Waals surface area contributed by atoms with Gasteiger partial charge in [-0.1, -0.05) is 12.1 Å². The maximum absolute atomic E-state index is 11.6. The summed E-state index contributed by atoms with van der Waals surface area (Å²) in [7, 11) is 0. The molecule has 0 aromatic heterocycles. The Morgan fingerprint density at radius 3 is 2.83 bits per heavy atom. The van der Waals surface area contributed by atoms with E-state index in [1.54, 1.807) is 6.07 Å². The van der Waals surface area contributed by atoms with Crippen LogP contribution in [0.15, 0.2) is 24.3 Å². The number of aliphatic carboxylic acids is 1. The molecule has 0 spiro atoms. The van der Waals surface area contributed by atoms with Crippen LogP contribution in [0, 0.1) is 6.92 Å². The number of carbonyl (C=O) groups is 2. The molecule has 0 bridgehead atoms. The van der Waals surface area contributed by atoms with E-state index in [0.29, 0.717) is 0 Å². The topological polar surface area (TPSA) is 92.4 Å². The Morgan fingerprint density at radius 1 is 1.50 bits per heavy atom. The lowest BCUT2D eigenvalue weighted by Crippen LogP contribution is -2.33. The van der Waals surface area contributed by atoms with Crippen LogP contribution in [0.3, 0.4) is 0 Å². The molecular formula is C12H16N2O3S. The van der Waals surface area contributed by atoms with Gasteiger partial charge in [-0.2, -0.15) is 0 Å². The normalized spacial score (nSPS) is 11.9. The molecule has 0 radical (unpaired) electrons. The minimum absolute atomic E-state index is 0.164. The molecule has 1 unspecified atom stereocenters. The molecule has 0 aliphatic carbocycles. The molecule has 0 aliphatic rings. The molecule has 0 aliphatic heterocycles. The zero-order valence-electron chi connectivity index (χ0n) is 10.1. The summed E-state index contributed by atoms with van der Waals surface area (Å²) in [6, 6.07) is 6.54. The highest BCUT2D eigenvalue weighted by Gasteiger charge is 2.12. The fourth-order valence-corrected chi connectivity index (χ4v) is 2.04. The molecule has 1 atom stereocenters. The summed E-state index contributed by atoms with van der Waals surface area (Å²) in [5.74, 6) is -0.810. The van der Waals surface area contributed by atoms with Crippen LogP contribution in [0.4, 0.5) is 5.69 Å². The third-order valence-corrected chi connectivity index (χ3v) is 3.21. The Balaban J connectivity index is 2.32. The van der Waals surface area contributed by atoms with E-state index in [9.17, 15) is 9.59 Å². The van der Waals surface area contributed by atoms with Gasteiger partial charge < -0.3 is 16.2 Å².